The predicted molar refractivity (Wildman–Crippen MR) is 82.0 cm³/mol. The summed E-state index contributed by atoms with van der Waals surface area (Å²) in [6.45, 7) is 10.1. The number of rotatable bonds is 2. The molecule has 0 unspecified atom stereocenters. The van der Waals surface area contributed by atoms with Crippen LogP contribution >= 0.6 is 0 Å². The highest BCUT2D eigenvalue weighted by Crippen LogP contribution is 2.21. The van der Waals surface area contributed by atoms with Gasteiger partial charge in [-0.2, -0.15) is 0 Å². The normalized spacial score (nSPS) is 11.9. The fourth-order valence-electron chi connectivity index (χ4n) is 2.02. The van der Waals surface area contributed by atoms with E-state index >= 15 is 0 Å². The van der Waals surface area contributed by atoms with E-state index in [9.17, 15) is 4.79 Å². The Bertz CT molecular complexity index is 622. The van der Waals surface area contributed by atoms with Crippen LogP contribution in [0.15, 0.2) is 24.5 Å². The minimum Gasteiger partial charge on any atom is -0.333 e. The second-order valence-electron chi connectivity index (χ2n) is 6.28. The van der Waals surface area contributed by atoms with E-state index in [1.165, 1.54) is 0 Å². The van der Waals surface area contributed by atoms with Gasteiger partial charge in [0.1, 0.15) is 0 Å². The molecular formula is C15H22N4O. The lowest BCUT2D eigenvalue weighted by Crippen LogP contribution is -2.43. The summed E-state index contributed by atoms with van der Waals surface area (Å²) in [7, 11) is 0. The van der Waals surface area contributed by atoms with Gasteiger partial charge in [0.05, 0.1) is 17.4 Å². The number of carbonyl (C=O) groups excluding carboxylic acids is 1. The van der Waals surface area contributed by atoms with Gasteiger partial charge >= 0.3 is 6.03 Å². The molecule has 0 aliphatic heterocycles. The van der Waals surface area contributed by atoms with Crippen LogP contribution in [0, 0.1) is 0 Å². The number of nitrogens with zero attached hydrogens (tertiary/aromatic N) is 2. The molecule has 20 heavy (non-hydrogen) atoms. The first-order valence-corrected chi connectivity index (χ1v) is 6.82. The first-order chi connectivity index (χ1) is 9.26. The number of benzene rings is 1. The predicted octanol–water partition coefficient (Wildman–Crippen LogP) is 3.54. The van der Waals surface area contributed by atoms with Crippen molar-refractivity contribution in [3.63, 3.8) is 0 Å². The maximum Gasteiger partial charge on any atom is 0.319 e. The van der Waals surface area contributed by atoms with Crippen LogP contribution < -0.4 is 10.6 Å². The standard InChI is InChI=1S/C15H22N4O/c1-10(2)19-9-16-12-8-11(6-7-13(12)19)17-14(20)18-15(3,4)5/h6-10H,1-5H3,(H2,17,18,20). The number of aromatic nitrogens is 2. The number of nitrogens with one attached hydrogen (secondary N) is 2. The second-order valence-corrected chi connectivity index (χ2v) is 6.28. The Morgan fingerprint density at radius 3 is 2.60 bits per heavy atom. The zero-order chi connectivity index (χ0) is 14.9. The van der Waals surface area contributed by atoms with Gasteiger partial charge in [0.15, 0.2) is 0 Å². The molecule has 2 amide bonds. The number of fused-ring (bicyclic) bond motifs is 1. The molecule has 1 aromatic heterocycles. The van der Waals surface area contributed by atoms with E-state index in [-0.39, 0.29) is 11.6 Å². The van der Waals surface area contributed by atoms with Crippen molar-refractivity contribution in [2.24, 2.45) is 0 Å². The first kappa shape index (κ1) is 14.4. The summed E-state index contributed by atoms with van der Waals surface area (Å²) < 4.78 is 2.11. The van der Waals surface area contributed by atoms with Gasteiger partial charge in [0.2, 0.25) is 0 Å². The Morgan fingerprint density at radius 2 is 2.00 bits per heavy atom. The largest absolute Gasteiger partial charge is 0.333 e. The average molecular weight is 274 g/mol. The van der Waals surface area contributed by atoms with Crippen molar-refractivity contribution in [2.75, 3.05) is 5.32 Å². The van der Waals surface area contributed by atoms with Gasteiger partial charge in [0.25, 0.3) is 0 Å². The van der Waals surface area contributed by atoms with Crippen molar-refractivity contribution in [3.8, 4) is 0 Å². The van der Waals surface area contributed by atoms with Crippen molar-refractivity contribution in [2.45, 2.75) is 46.2 Å². The Kier molecular flexibility index (Phi) is 3.70. The second kappa shape index (κ2) is 5.15. The number of imidazole rings is 1. The Morgan fingerprint density at radius 1 is 1.30 bits per heavy atom. The van der Waals surface area contributed by atoms with Crippen LogP contribution in [-0.4, -0.2) is 21.1 Å². The van der Waals surface area contributed by atoms with E-state index in [0.717, 1.165) is 16.7 Å². The first-order valence-electron chi connectivity index (χ1n) is 6.82. The fraction of sp³-hybridized carbons (Fsp3) is 0.467. The molecule has 2 aromatic rings. The molecule has 0 aliphatic rings. The zero-order valence-electron chi connectivity index (χ0n) is 12.7. The lowest BCUT2D eigenvalue weighted by atomic mass is 10.1. The monoisotopic (exact) mass is 274 g/mol. The number of hydrogen-bond acceptors (Lipinski definition) is 2. The molecule has 1 aromatic carbocycles. The van der Waals surface area contributed by atoms with E-state index in [2.05, 4.69) is 34.0 Å². The number of amides is 2. The third-order valence-corrected chi connectivity index (χ3v) is 2.88. The molecule has 2 N–H and O–H groups in total. The third-order valence-electron chi connectivity index (χ3n) is 2.88. The molecule has 0 saturated carbocycles. The van der Waals surface area contributed by atoms with Gasteiger partial charge in [-0.15, -0.1) is 0 Å². The Hall–Kier alpha value is -2.04. The van der Waals surface area contributed by atoms with Gasteiger partial charge in [-0.05, 0) is 52.8 Å². The molecular weight excluding hydrogens is 252 g/mol. The van der Waals surface area contributed by atoms with Crippen LogP contribution in [0.2, 0.25) is 0 Å². The van der Waals surface area contributed by atoms with E-state index in [4.69, 9.17) is 0 Å². The van der Waals surface area contributed by atoms with Gasteiger partial charge in [-0.3, -0.25) is 0 Å². The molecule has 1 heterocycles. The summed E-state index contributed by atoms with van der Waals surface area (Å²) >= 11 is 0. The van der Waals surface area contributed by atoms with Crippen molar-refractivity contribution in [3.05, 3.63) is 24.5 Å². The van der Waals surface area contributed by atoms with Gasteiger partial charge in [0, 0.05) is 17.3 Å². The average Bonchev–Trinajstić information content (AvgIpc) is 2.68. The summed E-state index contributed by atoms with van der Waals surface area (Å²) in [5.41, 5.74) is 2.44. The van der Waals surface area contributed by atoms with E-state index in [1.54, 1.807) is 0 Å². The molecule has 0 fully saturated rings. The molecule has 0 spiro atoms. The smallest absolute Gasteiger partial charge is 0.319 e. The van der Waals surface area contributed by atoms with Gasteiger partial charge < -0.3 is 15.2 Å². The number of carbonyl (C=O) groups is 1. The molecule has 0 radical (unpaired) electrons. The Labute approximate surface area is 119 Å². The fourth-order valence-corrected chi connectivity index (χ4v) is 2.02. The van der Waals surface area contributed by atoms with Crippen LogP contribution in [0.1, 0.15) is 40.7 Å². The summed E-state index contributed by atoms with van der Waals surface area (Å²) in [5, 5.41) is 5.69. The maximum absolute atomic E-state index is 11.8. The summed E-state index contributed by atoms with van der Waals surface area (Å²) in [6.07, 6.45) is 1.83. The van der Waals surface area contributed by atoms with Crippen LogP contribution in [0.3, 0.4) is 0 Å². The Balaban J connectivity index is 2.19. The van der Waals surface area contributed by atoms with Crippen molar-refractivity contribution in [1.82, 2.24) is 14.9 Å². The van der Waals surface area contributed by atoms with E-state index in [1.807, 2.05) is 45.3 Å². The quantitative estimate of drug-likeness (QED) is 0.880. The molecule has 0 saturated heterocycles. The van der Waals surface area contributed by atoms with Gasteiger partial charge in [-0.25, -0.2) is 9.78 Å². The molecule has 0 bridgehead atoms. The van der Waals surface area contributed by atoms with Crippen LogP contribution in [0.4, 0.5) is 10.5 Å². The molecule has 0 atom stereocenters. The highest BCUT2D eigenvalue weighted by molar-refractivity contribution is 5.92. The van der Waals surface area contributed by atoms with Crippen LogP contribution in [-0.2, 0) is 0 Å². The summed E-state index contributed by atoms with van der Waals surface area (Å²) in [4.78, 5) is 16.2. The zero-order valence-corrected chi connectivity index (χ0v) is 12.7. The minimum atomic E-state index is -0.257. The van der Waals surface area contributed by atoms with E-state index in [0.29, 0.717) is 6.04 Å². The van der Waals surface area contributed by atoms with Crippen molar-refractivity contribution < 1.29 is 4.79 Å². The molecule has 5 heteroatoms. The number of hydrogen-bond donors (Lipinski definition) is 2. The molecule has 5 nitrogen and oxygen atoms in total. The highest BCUT2D eigenvalue weighted by Gasteiger charge is 2.14. The SMILES string of the molecule is CC(C)n1cnc2cc(NC(=O)NC(C)(C)C)ccc21. The van der Waals surface area contributed by atoms with Crippen molar-refractivity contribution >= 4 is 22.8 Å². The summed E-state index contributed by atoms with van der Waals surface area (Å²) in [5.74, 6) is 0. The van der Waals surface area contributed by atoms with Crippen molar-refractivity contribution in [1.29, 1.82) is 0 Å². The topological polar surface area (TPSA) is 59.0 Å². The van der Waals surface area contributed by atoms with Crippen LogP contribution in [0.5, 0.6) is 0 Å². The number of anilines is 1. The number of urea groups is 1. The van der Waals surface area contributed by atoms with E-state index < -0.39 is 0 Å². The molecule has 0 aliphatic carbocycles. The van der Waals surface area contributed by atoms with Crippen LogP contribution in [0.25, 0.3) is 11.0 Å². The molecule has 2 rings (SSSR count). The lowest BCUT2D eigenvalue weighted by molar-refractivity contribution is 0.244. The van der Waals surface area contributed by atoms with Gasteiger partial charge in [-0.1, -0.05) is 0 Å². The maximum atomic E-state index is 11.8. The lowest BCUT2D eigenvalue weighted by Gasteiger charge is -2.20. The highest BCUT2D eigenvalue weighted by atomic mass is 16.2. The molecule has 108 valence electrons. The third kappa shape index (κ3) is 3.29. The summed E-state index contributed by atoms with van der Waals surface area (Å²) in [6, 6.07) is 5.92. The minimum absolute atomic E-state index is 0.208.